The maximum Gasteiger partial charge on any atom is 0.126 e. The van der Waals surface area contributed by atoms with Crippen molar-refractivity contribution in [1.82, 2.24) is 9.88 Å². The molecular formula is C15H25N3. The molecule has 1 aromatic rings. The second-order valence-electron chi connectivity index (χ2n) is 5.09. The quantitative estimate of drug-likeness (QED) is 0.885. The molecule has 0 aromatic carbocycles. The largest absolute Gasteiger partial charge is 0.370 e. The van der Waals surface area contributed by atoms with Crippen LogP contribution >= 0.6 is 0 Å². The first-order valence-corrected chi connectivity index (χ1v) is 7.30. The van der Waals surface area contributed by atoms with Gasteiger partial charge in [-0.1, -0.05) is 25.3 Å². The molecule has 1 aliphatic rings. The fourth-order valence-electron chi connectivity index (χ4n) is 2.55. The van der Waals surface area contributed by atoms with Gasteiger partial charge in [0.05, 0.1) is 5.69 Å². The second-order valence-corrected chi connectivity index (χ2v) is 5.09. The summed E-state index contributed by atoms with van der Waals surface area (Å²) in [5.41, 5.74) is 1.19. The molecule has 1 saturated heterocycles. The number of aromatic nitrogens is 1. The summed E-state index contributed by atoms with van der Waals surface area (Å²) in [5, 5.41) is 3.28. The fraction of sp³-hybridized carbons (Fsp3) is 0.667. The Balaban J connectivity index is 1.92. The van der Waals surface area contributed by atoms with Gasteiger partial charge < -0.3 is 5.32 Å². The maximum atomic E-state index is 4.66. The molecule has 2 heterocycles. The Bertz CT molecular complexity index is 343. The van der Waals surface area contributed by atoms with Crippen LogP contribution in [0.25, 0.3) is 0 Å². The van der Waals surface area contributed by atoms with Crippen molar-refractivity contribution in [2.45, 2.75) is 45.6 Å². The molecule has 0 unspecified atom stereocenters. The van der Waals surface area contributed by atoms with Crippen LogP contribution in [0.5, 0.6) is 0 Å². The van der Waals surface area contributed by atoms with Crippen LogP contribution in [0.2, 0.25) is 0 Å². The van der Waals surface area contributed by atoms with E-state index in [1.165, 1.54) is 50.9 Å². The molecule has 0 amide bonds. The Hall–Kier alpha value is -1.09. The summed E-state index contributed by atoms with van der Waals surface area (Å²) in [6.45, 7) is 6.49. The third-order valence-electron chi connectivity index (χ3n) is 3.50. The average molecular weight is 247 g/mol. The van der Waals surface area contributed by atoms with E-state index in [1.54, 1.807) is 0 Å². The van der Waals surface area contributed by atoms with E-state index in [9.17, 15) is 0 Å². The molecule has 0 aliphatic carbocycles. The zero-order valence-corrected chi connectivity index (χ0v) is 11.5. The van der Waals surface area contributed by atoms with E-state index >= 15 is 0 Å². The van der Waals surface area contributed by atoms with Crippen LogP contribution in [0.15, 0.2) is 18.2 Å². The molecule has 3 nitrogen and oxygen atoms in total. The molecule has 0 bridgehead atoms. The first kappa shape index (κ1) is 13.3. The van der Waals surface area contributed by atoms with Crippen molar-refractivity contribution in [3.8, 4) is 0 Å². The van der Waals surface area contributed by atoms with Crippen LogP contribution in [0.3, 0.4) is 0 Å². The van der Waals surface area contributed by atoms with Crippen molar-refractivity contribution < 1.29 is 0 Å². The normalized spacial score (nSPS) is 18.1. The van der Waals surface area contributed by atoms with Gasteiger partial charge in [-0.15, -0.1) is 0 Å². The van der Waals surface area contributed by atoms with Crippen LogP contribution in [-0.4, -0.2) is 29.5 Å². The van der Waals surface area contributed by atoms with Gasteiger partial charge in [0.1, 0.15) is 5.82 Å². The van der Waals surface area contributed by atoms with Crippen LogP contribution in [0, 0.1) is 0 Å². The predicted molar refractivity (Wildman–Crippen MR) is 76.8 cm³/mol. The van der Waals surface area contributed by atoms with Gasteiger partial charge in [-0.3, -0.25) is 4.90 Å². The fourth-order valence-corrected chi connectivity index (χ4v) is 2.55. The van der Waals surface area contributed by atoms with Gasteiger partial charge in [0, 0.05) is 13.1 Å². The number of likely N-dealkylation sites (tertiary alicyclic amines) is 1. The highest BCUT2D eigenvalue weighted by Gasteiger charge is 2.09. The molecule has 3 heteroatoms. The first-order valence-electron chi connectivity index (χ1n) is 7.30. The zero-order chi connectivity index (χ0) is 12.6. The third-order valence-corrected chi connectivity index (χ3v) is 3.50. The summed E-state index contributed by atoms with van der Waals surface area (Å²) in [7, 11) is 0. The number of anilines is 1. The molecule has 1 N–H and O–H groups in total. The average Bonchev–Trinajstić information content (AvgIpc) is 2.33. The van der Waals surface area contributed by atoms with Crippen molar-refractivity contribution in [3.05, 3.63) is 23.9 Å². The molecule has 2 rings (SSSR count). The van der Waals surface area contributed by atoms with Crippen LogP contribution in [0.4, 0.5) is 5.82 Å². The minimum absolute atomic E-state index is 0.931. The lowest BCUT2D eigenvalue weighted by Crippen LogP contribution is -2.27. The summed E-state index contributed by atoms with van der Waals surface area (Å²) < 4.78 is 0. The Kier molecular flexibility index (Phi) is 5.46. The molecule has 18 heavy (non-hydrogen) atoms. The van der Waals surface area contributed by atoms with E-state index < -0.39 is 0 Å². The Morgan fingerprint density at radius 2 is 1.83 bits per heavy atom. The number of rotatable bonds is 4. The third kappa shape index (κ3) is 4.30. The van der Waals surface area contributed by atoms with Crippen molar-refractivity contribution >= 4 is 5.82 Å². The summed E-state index contributed by atoms with van der Waals surface area (Å²) in [6.07, 6.45) is 6.88. The molecule has 1 fully saturated rings. The van der Waals surface area contributed by atoms with Crippen LogP contribution in [0.1, 0.15) is 44.7 Å². The van der Waals surface area contributed by atoms with E-state index in [0.29, 0.717) is 0 Å². The Morgan fingerprint density at radius 3 is 2.56 bits per heavy atom. The number of nitrogens with one attached hydrogen (secondary N) is 1. The smallest absolute Gasteiger partial charge is 0.126 e. The van der Waals surface area contributed by atoms with Crippen LogP contribution in [-0.2, 0) is 6.54 Å². The minimum atomic E-state index is 0.931. The van der Waals surface area contributed by atoms with Crippen molar-refractivity contribution in [1.29, 1.82) is 0 Å². The molecule has 0 radical (unpaired) electrons. The lowest BCUT2D eigenvalue weighted by Gasteiger charge is -2.24. The second kappa shape index (κ2) is 7.37. The molecule has 1 aliphatic heterocycles. The SMILES string of the molecule is CCNc1cccc(CN2CCCCCCC2)n1. The molecular weight excluding hydrogens is 222 g/mol. The van der Waals surface area contributed by atoms with E-state index in [0.717, 1.165) is 18.9 Å². The monoisotopic (exact) mass is 247 g/mol. The van der Waals surface area contributed by atoms with Gasteiger partial charge in [0.2, 0.25) is 0 Å². The Labute approximate surface area is 111 Å². The Morgan fingerprint density at radius 1 is 1.11 bits per heavy atom. The van der Waals surface area contributed by atoms with Crippen molar-refractivity contribution in [2.75, 3.05) is 25.0 Å². The summed E-state index contributed by atoms with van der Waals surface area (Å²) >= 11 is 0. The first-order chi connectivity index (χ1) is 8.88. The van der Waals surface area contributed by atoms with E-state index in [1.807, 2.05) is 6.07 Å². The number of nitrogens with zero attached hydrogens (tertiary/aromatic N) is 2. The van der Waals surface area contributed by atoms with Crippen LogP contribution < -0.4 is 5.32 Å². The zero-order valence-electron chi connectivity index (χ0n) is 11.5. The summed E-state index contributed by atoms with van der Waals surface area (Å²) in [5.74, 6) is 1.00. The summed E-state index contributed by atoms with van der Waals surface area (Å²) in [4.78, 5) is 7.21. The van der Waals surface area contributed by atoms with Gasteiger partial charge in [-0.05, 0) is 45.0 Å². The minimum Gasteiger partial charge on any atom is -0.370 e. The van der Waals surface area contributed by atoms with Gasteiger partial charge in [-0.2, -0.15) is 0 Å². The lowest BCUT2D eigenvalue weighted by molar-refractivity contribution is 0.237. The van der Waals surface area contributed by atoms with E-state index in [2.05, 4.69) is 34.3 Å². The highest BCUT2D eigenvalue weighted by Crippen LogP contribution is 2.13. The van der Waals surface area contributed by atoms with E-state index in [4.69, 9.17) is 0 Å². The topological polar surface area (TPSA) is 28.2 Å². The molecule has 1 aromatic heterocycles. The van der Waals surface area contributed by atoms with Gasteiger partial charge >= 0.3 is 0 Å². The highest BCUT2D eigenvalue weighted by atomic mass is 15.1. The van der Waals surface area contributed by atoms with Gasteiger partial charge in [0.25, 0.3) is 0 Å². The van der Waals surface area contributed by atoms with E-state index in [-0.39, 0.29) is 0 Å². The lowest BCUT2D eigenvalue weighted by atomic mass is 10.1. The predicted octanol–water partition coefficient (Wildman–Crippen LogP) is 3.28. The number of hydrogen-bond acceptors (Lipinski definition) is 3. The number of pyridine rings is 1. The highest BCUT2D eigenvalue weighted by molar-refractivity contribution is 5.34. The molecule has 0 atom stereocenters. The van der Waals surface area contributed by atoms with Gasteiger partial charge in [-0.25, -0.2) is 4.98 Å². The van der Waals surface area contributed by atoms with Crippen molar-refractivity contribution in [2.24, 2.45) is 0 Å². The maximum absolute atomic E-state index is 4.66. The molecule has 100 valence electrons. The molecule has 0 saturated carbocycles. The van der Waals surface area contributed by atoms with Gasteiger partial charge in [0.15, 0.2) is 0 Å². The standard InChI is InChI=1S/C15H25N3/c1-2-16-15-10-8-9-14(17-15)13-18-11-6-4-3-5-7-12-18/h8-10H,2-7,11-13H2,1H3,(H,16,17). The number of hydrogen-bond donors (Lipinski definition) is 1. The molecule has 0 spiro atoms. The summed E-state index contributed by atoms with van der Waals surface area (Å²) in [6, 6.07) is 6.28. The van der Waals surface area contributed by atoms with Crippen molar-refractivity contribution in [3.63, 3.8) is 0 Å².